The Labute approximate surface area is 98.0 Å². The summed E-state index contributed by atoms with van der Waals surface area (Å²) in [6, 6.07) is 8.36. The van der Waals surface area contributed by atoms with Gasteiger partial charge in [0, 0.05) is 3.57 Å². The van der Waals surface area contributed by atoms with E-state index < -0.39 is 0 Å². The summed E-state index contributed by atoms with van der Waals surface area (Å²) < 4.78 is 1.23. The molecule has 2 rings (SSSR count). The quantitative estimate of drug-likeness (QED) is 0.605. The first-order valence-corrected chi connectivity index (χ1v) is 6.07. The van der Waals surface area contributed by atoms with E-state index in [1.165, 1.54) is 22.0 Å². The van der Waals surface area contributed by atoms with Gasteiger partial charge in [0.25, 0.3) is 0 Å². The molecule has 1 aromatic rings. The van der Waals surface area contributed by atoms with Crippen LogP contribution < -0.4 is 0 Å². The maximum Gasteiger partial charge on any atom is 0.130 e. The van der Waals surface area contributed by atoms with Gasteiger partial charge in [-0.25, -0.2) is 0 Å². The van der Waals surface area contributed by atoms with Crippen LogP contribution in [0.2, 0.25) is 0 Å². The number of hydrogen-bond acceptors (Lipinski definition) is 1. The third-order valence-corrected chi connectivity index (χ3v) is 3.86. The highest BCUT2D eigenvalue weighted by Crippen LogP contribution is 2.39. The largest absolute Gasteiger partial charge is 0.302 e. The minimum Gasteiger partial charge on any atom is -0.302 e. The van der Waals surface area contributed by atoms with Crippen molar-refractivity contribution in [2.24, 2.45) is 0 Å². The van der Waals surface area contributed by atoms with Crippen molar-refractivity contribution in [1.82, 2.24) is 0 Å². The highest BCUT2D eigenvalue weighted by molar-refractivity contribution is 14.1. The van der Waals surface area contributed by atoms with Gasteiger partial charge in [-0.1, -0.05) is 25.0 Å². The van der Waals surface area contributed by atoms with Gasteiger partial charge in [-0.2, -0.15) is 0 Å². The first kappa shape index (κ1) is 10.1. The molecular weight excluding hydrogens is 287 g/mol. The Morgan fingerprint density at radius 1 is 1.14 bits per heavy atom. The number of rotatable bonds is 2. The van der Waals surface area contributed by atoms with Crippen molar-refractivity contribution >= 4 is 28.9 Å². The van der Waals surface area contributed by atoms with Crippen molar-refractivity contribution in [2.75, 3.05) is 0 Å². The summed E-state index contributed by atoms with van der Waals surface area (Å²) in [5, 5.41) is 0. The molecule has 1 aliphatic rings. The van der Waals surface area contributed by atoms with E-state index in [1.54, 1.807) is 0 Å². The van der Waals surface area contributed by atoms with E-state index in [2.05, 4.69) is 46.9 Å². The van der Waals surface area contributed by atoms with Gasteiger partial charge >= 0.3 is 0 Å². The van der Waals surface area contributed by atoms with Crippen LogP contribution in [0, 0.1) is 3.57 Å². The second-order valence-corrected chi connectivity index (χ2v) is 5.23. The highest BCUT2D eigenvalue weighted by Gasteiger charge is 2.34. The summed E-state index contributed by atoms with van der Waals surface area (Å²) >= 11 is 2.29. The predicted octanol–water partition coefficient (Wildman–Crippen LogP) is 3.30. The lowest BCUT2D eigenvalue weighted by Crippen LogP contribution is -2.23. The Hall–Kier alpha value is -0.380. The Morgan fingerprint density at radius 3 is 2.21 bits per heavy atom. The van der Waals surface area contributed by atoms with E-state index in [0.717, 1.165) is 19.1 Å². The predicted molar refractivity (Wildman–Crippen MR) is 65.4 cm³/mol. The zero-order chi connectivity index (χ0) is 10.0. The van der Waals surface area contributed by atoms with Gasteiger partial charge in [0.15, 0.2) is 0 Å². The van der Waals surface area contributed by atoms with Crippen molar-refractivity contribution in [3.05, 3.63) is 33.4 Å². The summed E-state index contributed by atoms with van der Waals surface area (Å²) in [4.78, 5) is 11.2. The first-order chi connectivity index (χ1) is 6.77. The van der Waals surface area contributed by atoms with E-state index in [0.29, 0.717) is 0 Å². The molecule has 74 valence electrons. The molecule has 0 saturated heterocycles. The third-order valence-electron chi connectivity index (χ3n) is 3.14. The standard InChI is InChI=1S/C12H13IO/c13-11-5-3-10(4-6-11)12(9-14)7-1-2-8-12/h3-6,9H,1-2,7-8H2. The van der Waals surface area contributed by atoms with Crippen LogP contribution in [0.25, 0.3) is 0 Å². The van der Waals surface area contributed by atoms with Crippen LogP contribution in [0.15, 0.2) is 24.3 Å². The lowest BCUT2D eigenvalue weighted by molar-refractivity contribution is -0.112. The van der Waals surface area contributed by atoms with Crippen LogP contribution >= 0.6 is 22.6 Å². The Kier molecular flexibility index (Phi) is 2.91. The molecule has 0 atom stereocenters. The molecule has 0 amide bonds. The molecule has 0 radical (unpaired) electrons. The maximum absolute atomic E-state index is 11.2. The summed E-state index contributed by atoms with van der Waals surface area (Å²) in [6.07, 6.45) is 5.58. The lowest BCUT2D eigenvalue weighted by Gasteiger charge is -2.22. The molecule has 14 heavy (non-hydrogen) atoms. The SMILES string of the molecule is O=CC1(c2ccc(I)cc2)CCCC1. The highest BCUT2D eigenvalue weighted by atomic mass is 127. The Bertz CT molecular complexity index is 323. The monoisotopic (exact) mass is 300 g/mol. The molecule has 0 bridgehead atoms. The van der Waals surface area contributed by atoms with Gasteiger partial charge in [-0.05, 0) is 53.1 Å². The Morgan fingerprint density at radius 2 is 1.71 bits per heavy atom. The number of aldehydes is 1. The molecule has 0 N–H and O–H groups in total. The summed E-state index contributed by atoms with van der Waals surface area (Å²) in [5.41, 5.74) is 1.04. The molecule has 2 heteroatoms. The fourth-order valence-corrected chi connectivity index (χ4v) is 2.62. The molecule has 0 aliphatic heterocycles. The summed E-state index contributed by atoms with van der Waals surface area (Å²) in [5.74, 6) is 0. The summed E-state index contributed by atoms with van der Waals surface area (Å²) in [6.45, 7) is 0. The molecule has 0 unspecified atom stereocenters. The van der Waals surface area contributed by atoms with E-state index in [1.807, 2.05) is 0 Å². The number of benzene rings is 1. The van der Waals surface area contributed by atoms with Crippen molar-refractivity contribution in [3.8, 4) is 0 Å². The molecule has 1 saturated carbocycles. The number of hydrogen-bond donors (Lipinski definition) is 0. The van der Waals surface area contributed by atoms with Crippen LogP contribution in [-0.4, -0.2) is 6.29 Å². The van der Waals surface area contributed by atoms with Crippen LogP contribution in [0.3, 0.4) is 0 Å². The summed E-state index contributed by atoms with van der Waals surface area (Å²) in [7, 11) is 0. The van der Waals surface area contributed by atoms with Crippen LogP contribution in [0.4, 0.5) is 0 Å². The van der Waals surface area contributed by atoms with E-state index in [-0.39, 0.29) is 5.41 Å². The molecule has 1 nitrogen and oxygen atoms in total. The molecular formula is C12H13IO. The van der Waals surface area contributed by atoms with Gasteiger partial charge in [0.05, 0.1) is 5.41 Å². The molecule has 0 heterocycles. The fraction of sp³-hybridized carbons (Fsp3) is 0.417. The Balaban J connectivity index is 2.36. The van der Waals surface area contributed by atoms with Crippen molar-refractivity contribution < 1.29 is 4.79 Å². The van der Waals surface area contributed by atoms with Crippen LogP contribution in [0.1, 0.15) is 31.2 Å². The smallest absolute Gasteiger partial charge is 0.130 e. The number of carbonyl (C=O) groups excluding carboxylic acids is 1. The zero-order valence-electron chi connectivity index (χ0n) is 8.00. The zero-order valence-corrected chi connectivity index (χ0v) is 10.2. The molecule has 0 spiro atoms. The number of carbonyl (C=O) groups is 1. The van der Waals surface area contributed by atoms with Crippen LogP contribution in [0.5, 0.6) is 0 Å². The van der Waals surface area contributed by atoms with Gasteiger partial charge < -0.3 is 4.79 Å². The molecule has 1 aliphatic carbocycles. The minimum atomic E-state index is -0.162. The van der Waals surface area contributed by atoms with Gasteiger partial charge in [0.2, 0.25) is 0 Å². The van der Waals surface area contributed by atoms with E-state index in [4.69, 9.17) is 0 Å². The molecule has 1 aromatic carbocycles. The number of halogens is 1. The topological polar surface area (TPSA) is 17.1 Å². The van der Waals surface area contributed by atoms with Crippen molar-refractivity contribution in [1.29, 1.82) is 0 Å². The first-order valence-electron chi connectivity index (χ1n) is 4.99. The normalized spacial score (nSPS) is 19.5. The lowest BCUT2D eigenvalue weighted by atomic mass is 9.80. The fourth-order valence-electron chi connectivity index (χ4n) is 2.26. The maximum atomic E-state index is 11.2. The second kappa shape index (κ2) is 4.01. The molecule has 0 aromatic heterocycles. The molecule has 1 fully saturated rings. The van der Waals surface area contributed by atoms with Gasteiger partial charge in [-0.3, -0.25) is 0 Å². The second-order valence-electron chi connectivity index (χ2n) is 3.99. The van der Waals surface area contributed by atoms with Crippen molar-refractivity contribution in [2.45, 2.75) is 31.1 Å². The van der Waals surface area contributed by atoms with Gasteiger partial charge in [0.1, 0.15) is 6.29 Å². The van der Waals surface area contributed by atoms with Gasteiger partial charge in [-0.15, -0.1) is 0 Å². The average molecular weight is 300 g/mol. The van der Waals surface area contributed by atoms with Crippen LogP contribution in [-0.2, 0) is 10.2 Å². The average Bonchev–Trinajstić information content (AvgIpc) is 2.68. The van der Waals surface area contributed by atoms with Crippen molar-refractivity contribution in [3.63, 3.8) is 0 Å². The third kappa shape index (κ3) is 1.72. The van der Waals surface area contributed by atoms with E-state index >= 15 is 0 Å². The van der Waals surface area contributed by atoms with E-state index in [9.17, 15) is 4.79 Å². The minimum absolute atomic E-state index is 0.162.